The highest BCUT2D eigenvalue weighted by Gasteiger charge is 2.15. The van der Waals surface area contributed by atoms with Crippen LogP contribution in [0.25, 0.3) is 11.1 Å². The van der Waals surface area contributed by atoms with Crippen LogP contribution in [0.3, 0.4) is 0 Å². The predicted octanol–water partition coefficient (Wildman–Crippen LogP) is 6.18. The summed E-state index contributed by atoms with van der Waals surface area (Å²) in [4.78, 5) is 0. The van der Waals surface area contributed by atoms with E-state index < -0.39 is 24.1 Å². The van der Waals surface area contributed by atoms with Crippen molar-refractivity contribution in [3.05, 3.63) is 65.5 Å². The van der Waals surface area contributed by atoms with E-state index in [-0.39, 0.29) is 24.3 Å². The summed E-state index contributed by atoms with van der Waals surface area (Å²) >= 11 is 0. The van der Waals surface area contributed by atoms with Gasteiger partial charge in [0.15, 0.2) is 11.6 Å². The largest absolute Gasteiger partial charge is 0.491 e. The molecule has 0 bridgehead atoms. The van der Waals surface area contributed by atoms with Crippen molar-refractivity contribution in [2.45, 2.75) is 26.2 Å². The lowest BCUT2D eigenvalue weighted by Crippen LogP contribution is -1.98. The molecule has 0 N–H and O–H groups in total. The smallest absolute Gasteiger partial charge is 0.201 e. The van der Waals surface area contributed by atoms with Crippen molar-refractivity contribution in [3.8, 4) is 16.9 Å². The third-order valence-corrected chi connectivity index (χ3v) is 3.74. The molecular weight excluding hydrogens is 332 g/mol. The minimum Gasteiger partial charge on any atom is -0.491 e. The molecule has 0 saturated carbocycles. The van der Waals surface area contributed by atoms with Gasteiger partial charge in [-0.1, -0.05) is 30.3 Å². The lowest BCUT2D eigenvalue weighted by Gasteiger charge is -2.09. The van der Waals surface area contributed by atoms with E-state index in [1.54, 1.807) is 31.2 Å². The van der Waals surface area contributed by atoms with Crippen LogP contribution in [0.5, 0.6) is 5.75 Å². The van der Waals surface area contributed by atoms with Crippen molar-refractivity contribution in [3.63, 3.8) is 0 Å². The van der Waals surface area contributed by atoms with Crippen LogP contribution in [0.15, 0.2) is 48.3 Å². The summed E-state index contributed by atoms with van der Waals surface area (Å²) in [6.07, 6.45) is 2.22. The maximum atomic E-state index is 14.2. The molecule has 0 spiro atoms. The summed E-state index contributed by atoms with van der Waals surface area (Å²) in [5, 5.41) is 0. The van der Waals surface area contributed by atoms with Gasteiger partial charge in [0.05, 0.1) is 19.1 Å². The molecule has 0 fully saturated rings. The highest BCUT2D eigenvalue weighted by atomic mass is 19.2. The Bertz CT molecular complexity index is 723. The highest BCUT2D eigenvalue weighted by Crippen LogP contribution is 2.30. The molecule has 0 amide bonds. The van der Waals surface area contributed by atoms with Crippen LogP contribution in [0.4, 0.5) is 17.6 Å². The monoisotopic (exact) mass is 352 g/mol. The Morgan fingerprint density at radius 2 is 1.76 bits per heavy atom. The maximum absolute atomic E-state index is 14.2. The van der Waals surface area contributed by atoms with Gasteiger partial charge in [-0.25, -0.2) is 8.78 Å². The van der Waals surface area contributed by atoms with Gasteiger partial charge in [-0.2, -0.15) is 4.39 Å². The number of allylic oxidation sites excluding steroid dienone is 2. The highest BCUT2D eigenvalue weighted by molar-refractivity contribution is 5.65. The van der Waals surface area contributed by atoms with Crippen LogP contribution in [0, 0.1) is 11.6 Å². The van der Waals surface area contributed by atoms with Gasteiger partial charge in [-0.15, -0.1) is 0 Å². The van der Waals surface area contributed by atoms with E-state index in [9.17, 15) is 17.6 Å². The second-order valence-electron chi connectivity index (χ2n) is 5.50. The molecule has 2 aromatic carbocycles. The standard InChI is InChI=1S/C20H20F4O/c1-2-25-18-11-10-17(19(23)20(18)24)15-8-6-14(7-9-15)4-3-5-16(22)12-13-21/h5-11H,2-4,12-13H2,1H3/b16-5-. The van der Waals surface area contributed by atoms with Crippen molar-refractivity contribution in [1.82, 2.24) is 0 Å². The number of aryl methyl sites for hydroxylation is 1. The quantitative estimate of drug-likeness (QED) is 0.516. The fraction of sp³-hybridized carbons (Fsp3) is 0.300. The van der Waals surface area contributed by atoms with Crippen LogP contribution >= 0.6 is 0 Å². The van der Waals surface area contributed by atoms with Crippen LogP contribution in [-0.2, 0) is 6.42 Å². The average Bonchev–Trinajstić information content (AvgIpc) is 2.60. The Kier molecular flexibility index (Phi) is 7.04. The molecule has 0 aliphatic carbocycles. The predicted molar refractivity (Wildman–Crippen MR) is 91.1 cm³/mol. The van der Waals surface area contributed by atoms with Gasteiger partial charge >= 0.3 is 0 Å². The molecule has 0 aliphatic rings. The van der Waals surface area contributed by atoms with Gasteiger partial charge < -0.3 is 4.74 Å². The first-order chi connectivity index (χ1) is 12.1. The average molecular weight is 352 g/mol. The molecule has 0 saturated heterocycles. The van der Waals surface area contributed by atoms with Crippen molar-refractivity contribution < 1.29 is 22.3 Å². The Morgan fingerprint density at radius 1 is 1.04 bits per heavy atom. The van der Waals surface area contributed by atoms with Crippen molar-refractivity contribution in [2.75, 3.05) is 13.3 Å². The van der Waals surface area contributed by atoms with Gasteiger partial charge in [0.2, 0.25) is 5.82 Å². The minimum absolute atomic E-state index is 0.109. The molecule has 0 atom stereocenters. The van der Waals surface area contributed by atoms with Gasteiger partial charge in [0, 0.05) is 12.0 Å². The molecule has 25 heavy (non-hydrogen) atoms. The Balaban J connectivity index is 2.10. The van der Waals surface area contributed by atoms with Crippen molar-refractivity contribution >= 4 is 0 Å². The SMILES string of the molecule is CCOc1ccc(-c2ccc(CC/C=C(\F)CCF)cc2)c(F)c1F. The molecule has 0 unspecified atom stereocenters. The molecule has 5 heteroatoms. The number of halogens is 4. The summed E-state index contributed by atoms with van der Waals surface area (Å²) < 4.78 is 58.3. The van der Waals surface area contributed by atoms with Crippen LogP contribution in [-0.4, -0.2) is 13.3 Å². The maximum Gasteiger partial charge on any atom is 0.201 e. The number of hydrogen-bond donors (Lipinski definition) is 0. The lowest BCUT2D eigenvalue weighted by atomic mass is 10.0. The topological polar surface area (TPSA) is 9.23 Å². The van der Waals surface area contributed by atoms with Gasteiger partial charge in [-0.3, -0.25) is 4.39 Å². The van der Waals surface area contributed by atoms with E-state index in [0.29, 0.717) is 18.4 Å². The van der Waals surface area contributed by atoms with E-state index in [0.717, 1.165) is 5.56 Å². The number of hydrogen-bond acceptors (Lipinski definition) is 1. The third-order valence-electron chi connectivity index (χ3n) is 3.74. The zero-order valence-electron chi connectivity index (χ0n) is 14.0. The Labute approximate surface area is 144 Å². The summed E-state index contributed by atoms with van der Waals surface area (Å²) in [6, 6.07) is 9.83. The molecule has 134 valence electrons. The zero-order chi connectivity index (χ0) is 18.2. The van der Waals surface area contributed by atoms with Crippen LogP contribution in [0.2, 0.25) is 0 Å². The first-order valence-electron chi connectivity index (χ1n) is 8.17. The number of rotatable bonds is 8. The fourth-order valence-corrected chi connectivity index (χ4v) is 2.46. The Hall–Kier alpha value is -2.30. The van der Waals surface area contributed by atoms with E-state index in [2.05, 4.69) is 0 Å². The normalized spacial score (nSPS) is 11.6. The van der Waals surface area contributed by atoms with Gasteiger partial charge in [0.1, 0.15) is 0 Å². The first-order valence-corrected chi connectivity index (χ1v) is 8.17. The number of ether oxygens (including phenoxy) is 1. The second-order valence-corrected chi connectivity index (χ2v) is 5.50. The molecule has 2 aromatic rings. The van der Waals surface area contributed by atoms with Crippen molar-refractivity contribution in [1.29, 1.82) is 0 Å². The molecule has 0 heterocycles. The summed E-state index contributed by atoms with van der Waals surface area (Å²) in [6.45, 7) is 1.24. The molecule has 0 radical (unpaired) electrons. The molecule has 2 rings (SSSR count). The second kappa shape index (κ2) is 9.25. The first kappa shape index (κ1) is 19.0. The lowest BCUT2D eigenvalue weighted by molar-refractivity contribution is 0.314. The van der Waals surface area contributed by atoms with E-state index in [4.69, 9.17) is 4.74 Å². The molecule has 0 aliphatic heterocycles. The summed E-state index contributed by atoms with van der Waals surface area (Å²) in [5.74, 6) is -2.51. The number of benzene rings is 2. The van der Waals surface area contributed by atoms with Crippen LogP contribution < -0.4 is 4.74 Å². The van der Waals surface area contributed by atoms with Crippen molar-refractivity contribution in [2.24, 2.45) is 0 Å². The van der Waals surface area contributed by atoms with E-state index >= 15 is 0 Å². The Morgan fingerprint density at radius 3 is 2.40 bits per heavy atom. The summed E-state index contributed by atoms with van der Waals surface area (Å²) in [7, 11) is 0. The minimum atomic E-state index is -1.00. The van der Waals surface area contributed by atoms with Gasteiger partial charge in [-0.05, 0) is 43.0 Å². The van der Waals surface area contributed by atoms with Crippen LogP contribution in [0.1, 0.15) is 25.3 Å². The molecular formula is C20H20F4O. The number of alkyl halides is 1. The van der Waals surface area contributed by atoms with E-state index in [1.807, 2.05) is 0 Å². The third kappa shape index (κ3) is 5.08. The zero-order valence-corrected chi connectivity index (χ0v) is 14.0. The van der Waals surface area contributed by atoms with Gasteiger partial charge in [0.25, 0.3) is 0 Å². The fourth-order valence-electron chi connectivity index (χ4n) is 2.46. The molecule has 0 aromatic heterocycles. The summed E-state index contributed by atoms with van der Waals surface area (Å²) in [5.41, 5.74) is 1.63. The van der Waals surface area contributed by atoms with E-state index in [1.165, 1.54) is 18.2 Å². The molecule has 1 nitrogen and oxygen atoms in total.